The zero-order valence-corrected chi connectivity index (χ0v) is 14.4. The van der Waals surface area contributed by atoms with Crippen molar-refractivity contribution in [2.75, 3.05) is 0 Å². The van der Waals surface area contributed by atoms with E-state index in [1.54, 1.807) is 12.1 Å². The lowest BCUT2D eigenvalue weighted by Crippen LogP contribution is -1.92. The number of carboxylic acids is 1. The summed E-state index contributed by atoms with van der Waals surface area (Å²) >= 11 is 6.21. The van der Waals surface area contributed by atoms with Gasteiger partial charge in [0.15, 0.2) is 0 Å². The average molecular weight is 407 g/mol. The van der Waals surface area contributed by atoms with Crippen molar-refractivity contribution in [3.8, 4) is 11.8 Å². The molecule has 0 aliphatic carbocycles. The van der Waals surface area contributed by atoms with Gasteiger partial charge in [-0.2, -0.15) is 5.26 Å². The largest absolute Gasteiger partial charge is 0.506 e. The van der Waals surface area contributed by atoms with Gasteiger partial charge in [0.05, 0.1) is 20.6 Å². The zero-order valence-electron chi connectivity index (χ0n) is 11.2. The van der Waals surface area contributed by atoms with Crippen molar-refractivity contribution in [1.82, 2.24) is 0 Å². The smallest absolute Gasteiger partial charge is 0.303 e. The van der Waals surface area contributed by atoms with Gasteiger partial charge in [0, 0.05) is 6.42 Å². The Hall–Kier alpha value is -1.06. The third-order valence-corrected chi connectivity index (χ3v) is 3.60. The number of nitrogens with zero attached hydrogens (tertiary/aromatic N) is 1. The number of carboxylic acid groups (broad SMARTS) is 1. The van der Waals surface area contributed by atoms with Crippen LogP contribution < -0.4 is 0 Å². The van der Waals surface area contributed by atoms with Gasteiger partial charge in [0.2, 0.25) is 0 Å². The molecule has 0 atom stereocenters. The van der Waals surface area contributed by atoms with Gasteiger partial charge in [-0.15, -0.1) is 0 Å². The van der Waals surface area contributed by atoms with Crippen LogP contribution >= 0.6 is 31.9 Å². The van der Waals surface area contributed by atoms with Gasteiger partial charge in [-0.1, -0.05) is 26.2 Å². The molecule has 0 unspecified atom stereocenters. The first-order valence-corrected chi connectivity index (χ1v) is 7.80. The fourth-order valence-electron chi connectivity index (χ4n) is 1.33. The molecule has 0 amide bonds. The molecule has 0 spiro atoms. The van der Waals surface area contributed by atoms with E-state index in [9.17, 15) is 9.90 Å². The summed E-state index contributed by atoms with van der Waals surface area (Å²) in [6.45, 7) is 2.11. The molecule has 0 aromatic heterocycles. The van der Waals surface area contributed by atoms with E-state index in [0.717, 1.165) is 19.3 Å². The molecule has 110 valence electrons. The molecule has 0 radical (unpaired) electrons. The molecular weight excluding hydrogens is 390 g/mol. The number of carbonyl (C=O) groups is 1. The normalized spacial score (nSPS) is 9.30. The summed E-state index contributed by atoms with van der Waals surface area (Å²) in [6.07, 6.45) is 4.55. The number of rotatable bonds is 5. The fourth-order valence-corrected chi connectivity index (χ4v) is 2.52. The van der Waals surface area contributed by atoms with Gasteiger partial charge in [-0.25, -0.2) is 0 Å². The van der Waals surface area contributed by atoms with Gasteiger partial charge in [-0.3, -0.25) is 4.79 Å². The summed E-state index contributed by atoms with van der Waals surface area (Å²) in [5, 5.41) is 25.9. The average Bonchev–Trinajstić information content (AvgIpc) is 2.41. The number of aliphatic carboxylic acids is 1. The van der Waals surface area contributed by atoms with Crippen LogP contribution in [0.15, 0.2) is 21.1 Å². The minimum atomic E-state index is -0.675. The van der Waals surface area contributed by atoms with Crippen molar-refractivity contribution in [3.63, 3.8) is 0 Å². The highest BCUT2D eigenvalue weighted by Gasteiger charge is 2.04. The maximum atomic E-state index is 9.96. The van der Waals surface area contributed by atoms with Gasteiger partial charge in [-0.05, 0) is 50.4 Å². The first-order chi connectivity index (χ1) is 9.42. The fraction of sp³-hybridized carbons (Fsp3) is 0.429. The lowest BCUT2D eigenvalue weighted by Gasteiger charge is -1.99. The van der Waals surface area contributed by atoms with Gasteiger partial charge >= 0.3 is 5.97 Å². The molecule has 0 bridgehead atoms. The van der Waals surface area contributed by atoms with Gasteiger partial charge < -0.3 is 10.2 Å². The van der Waals surface area contributed by atoms with Gasteiger partial charge in [0.25, 0.3) is 0 Å². The molecule has 0 aliphatic heterocycles. The topological polar surface area (TPSA) is 81.3 Å². The molecule has 1 aromatic carbocycles. The van der Waals surface area contributed by atoms with Crippen molar-refractivity contribution < 1.29 is 15.0 Å². The van der Waals surface area contributed by atoms with Crippen LogP contribution in [-0.2, 0) is 4.79 Å². The lowest BCUT2D eigenvalue weighted by atomic mass is 10.2. The number of halogens is 2. The number of nitriles is 1. The van der Waals surface area contributed by atoms with E-state index in [1.165, 1.54) is 6.42 Å². The number of unbranched alkanes of at least 4 members (excludes halogenated alkanes) is 3. The monoisotopic (exact) mass is 405 g/mol. The van der Waals surface area contributed by atoms with Crippen molar-refractivity contribution in [1.29, 1.82) is 5.26 Å². The first-order valence-electron chi connectivity index (χ1n) is 6.22. The highest BCUT2D eigenvalue weighted by molar-refractivity contribution is 9.11. The Morgan fingerprint density at radius 1 is 1.25 bits per heavy atom. The van der Waals surface area contributed by atoms with E-state index in [0.29, 0.717) is 20.9 Å². The van der Waals surface area contributed by atoms with E-state index < -0.39 is 5.97 Å². The SMILES string of the molecule is CCCCCCC(=O)O.N#Cc1cc(Br)c(O)c(Br)c1. The predicted molar refractivity (Wildman–Crippen MR) is 84.6 cm³/mol. The van der Waals surface area contributed by atoms with Crippen LogP contribution in [0.5, 0.6) is 5.75 Å². The highest BCUT2D eigenvalue weighted by atomic mass is 79.9. The predicted octanol–water partition coefficient (Wildman–Crippen LogP) is 4.83. The molecule has 0 heterocycles. The van der Waals surface area contributed by atoms with Crippen molar-refractivity contribution in [3.05, 3.63) is 26.6 Å². The Morgan fingerprint density at radius 3 is 2.20 bits per heavy atom. The minimum Gasteiger partial charge on any atom is -0.506 e. The molecule has 6 heteroatoms. The van der Waals surface area contributed by atoms with Crippen LogP contribution in [0.25, 0.3) is 0 Å². The van der Waals surface area contributed by atoms with E-state index in [4.69, 9.17) is 10.4 Å². The van der Waals surface area contributed by atoms with E-state index >= 15 is 0 Å². The van der Waals surface area contributed by atoms with Crippen molar-refractivity contribution in [2.24, 2.45) is 0 Å². The molecule has 20 heavy (non-hydrogen) atoms. The molecule has 1 aromatic rings. The number of phenols is 1. The second kappa shape index (κ2) is 10.7. The molecule has 0 fully saturated rings. The molecule has 4 nitrogen and oxygen atoms in total. The molecular formula is C14H17Br2NO3. The Labute approximate surface area is 135 Å². The molecule has 0 aliphatic rings. The molecule has 1 rings (SSSR count). The second-order valence-corrected chi connectivity index (χ2v) is 5.81. The third kappa shape index (κ3) is 8.18. The zero-order chi connectivity index (χ0) is 15.5. The Bertz CT molecular complexity index is 461. The Balaban J connectivity index is 0.000000370. The summed E-state index contributed by atoms with van der Waals surface area (Å²) in [5.74, 6) is -0.560. The van der Waals surface area contributed by atoms with Crippen molar-refractivity contribution >= 4 is 37.8 Å². The second-order valence-electron chi connectivity index (χ2n) is 4.10. The van der Waals surface area contributed by atoms with Crippen LogP contribution in [-0.4, -0.2) is 16.2 Å². The van der Waals surface area contributed by atoms with Crippen LogP contribution in [0, 0.1) is 11.3 Å². The van der Waals surface area contributed by atoms with Crippen LogP contribution in [0.4, 0.5) is 0 Å². The number of hydrogen-bond acceptors (Lipinski definition) is 3. The summed E-state index contributed by atoms with van der Waals surface area (Å²) in [5.41, 5.74) is 0.501. The van der Waals surface area contributed by atoms with Crippen LogP contribution in [0.3, 0.4) is 0 Å². The third-order valence-electron chi connectivity index (χ3n) is 2.39. The highest BCUT2D eigenvalue weighted by Crippen LogP contribution is 2.32. The first kappa shape index (κ1) is 18.9. The lowest BCUT2D eigenvalue weighted by molar-refractivity contribution is -0.137. The summed E-state index contributed by atoms with van der Waals surface area (Å²) in [4.78, 5) is 9.96. The van der Waals surface area contributed by atoms with Crippen molar-refractivity contribution in [2.45, 2.75) is 39.0 Å². The number of hydrogen-bond donors (Lipinski definition) is 2. The number of phenolic OH excluding ortho intramolecular Hbond substituents is 1. The summed E-state index contributed by atoms with van der Waals surface area (Å²) < 4.78 is 1.03. The number of aromatic hydroxyl groups is 1. The maximum absolute atomic E-state index is 9.96. The molecule has 0 saturated carbocycles. The molecule has 2 N–H and O–H groups in total. The Kier molecular flexibility index (Phi) is 10.1. The summed E-state index contributed by atoms with van der Waals surface area (Å²) in [7, 11) is 0. The van der Waals surface area contributed by atoms with E-state index in [1.807, 2.05) is 6.07 Å². The maximum Gasteiger partial charge on any atom is 0.303 e. The Morgan fingerprint density at radius 2 is 1.80 bits per heavy atom. The van der Waals surface area contributed by atoms with Gasteiger partial charge in [0.1, 0.15) is 5.75 Å². The van der Waals surface area contributed by atoms with E-state index in [-0.39, 0.29) is 5.75 Å². The standard InChI is InChI=1S/C7H3Br2NO.C7H14O2/c8-5-1-4(3-10)2-6(9)7(5)11;1-2-3-4-5-6-7(8)9/h1-2,11H;2-6H2,1H3,(H,8,9). The summed E-state index contributed by atoms with van der Waals surface area (Å²) in [6, 6.07) is 5.08. The number of benzene rings is 1. The minimum absolute atomic E-state index is 0.115. The van der Waals surface area contributed by atoms with Crippen LogP contribution in [0.1, 0.15) is 44.6 Å². The van der Waals surface area contributed by atoms with Crippen LogP contribution in [0.2, 0.25) is 0 Å². The quantitative estimate of drug-likeness (QED) is 0.686. The van der Waals surface area contributed by atoms with E-state index in [2.05, 4.69) is 38.8 Å². The molecule has 0 saturated heterocycles.